The van der Waals surface area contributed by atoms with Crippen LogP contribution in [0.15, 0.2) is 0 Å². The number of rotatable bonds is 0. The highest BCUT2D eigenvalue weighted by atomic mass is 16.6. The molecule has 1 fully saturated rings. The van der Waals surface area contributed by atoms with Crippen LogP contribution < -0.4 is 0 Å². The van der Waals surface area contributed by atoms with Gasteiger partial charge < -0.3 is 9.84 Å². The summed E-state index contributed by atoms with van der Waals surface area (Å²) in [6, 6.07) is 0. The molecule has 1 aliphatic rings. The minimum Gasteiger partial charge on any atom is -0.460 e. The fourth-order valence-corrected chi connectivity index (χ4v) is 0.832. The number of hydrogen-bond donors (Lipinski definition) is 1. The van der Waals surface area contributed by atoms with E-state index in [1.54, 1.807) is 13.8 Å². The van der Waals surface area contributed by atoms with Crippen LogP contribution in [0, 0.1) is 5.92 Å². The van der Waals surface area contributed by atoms with Gasteiger partial charge in [-0.2, -0.15) is 0 Å². The summed E-state index contributed by atoms with van der Waals surface area (Å²) in [5, 5.41) is 8.96. The Morgan fingerprint density at radius 3 is 2.22 bits per heavy atom. The van der Waals surface area contributed by atoms with E-state index in [4.69, 9.17) is 9.84 Å². The Balaban J connectivity index is 2.65. The Kier molecular flexibility index (Phi) is 1.45. The van der Waals surface area contributed by atoms with Crippen LogP contribution in [0.3, 0.4) is 0 Å². The zero-order valence-corrected chi connectivity index (χ0v) is 5.50. The standard InChI is InChI=1S/C6H10O3/c1-3-4(2)9-6(8)5(3)7/h3-5,7H,1-2H3/t3-,4-,5+/m1/s1. The monoisotopic (exact) mass is 130 g/mol. The predicted molar refractivity (Wildman–Crippen MR) is 30.7 cm³/mol. The van der Waals surface area contributed by atoms with Crippen molar-refractivity contribution in [3.63, 3.8) is 0 Å². The van der Waals surface area contributed by atoms with Gasteiger partial charge >= 0.3 is 5.97 Å². The highest BCUT2D eigenvalue weighted by molar-refractivity contribution is 5.77. The first-order chi connectivity index (χ1) is 4.13. The summed E-state index contributed by atoms with van der Waals surface area (Å²) in [5.41, 5.74) is 0. The summed E-state index contributed by atoms with van der Waals surface area (Å²) in [6.45, 7) is 3.57. The molecule has 0 unspecified atom stereocenters. The van der Waals surface area contributed by atoms with Crippen LogP contribution in [0.2, 0.25) is 0 Å². The molecule has 3 heteroatoms. The maximum atomic E-state index is 10.5. The number of aliphatic hydroxyl groups is 1. The van der Waals surface area contributed by atoms with Crippen LogP contribution in [-0.2, 0) is 9.53 Å². The highest BCUT2D eigenvalue weighted by Gasteiger charge is 2.37. The lowest BCUT2D eigenvalue weighted by Gasteiger charge is -2.05. The largest absolute Gasteiger partial charge is 0.460 e. The summed E-state index contributed by atoms with van der Waals surface area (Å²) >= 11 is 0. The second-order valence-corrected chi connectivity index (χ2v) is 2.45. The van der Waals surface area contributed by atoms with Crippen molar-refractivity contribution in [2.24, 2.45) is 5.92 Å². The number of aliphatic hydroxyl groups excluding tert-OH is 1. The minimum absolute atomic E-state index is 0.0579. The normalized spacial score (nSPS) is 43.0. The number of hydrogen-bond acceptors (Lipinski definition) is 3. The number of cyclic esters (lactones) is 1. The molecule has 0 spiro atoms. The van der Waals surface area contributed by atoms with Gasteiger partial charge in [0.15, 0.2) is 6.10 Å². The number of esters is 1. The van der Waals surface area contributed by atoms with E-state index >= 15 is 0 Å². The summed E-state index contributed by atoms with van der Waals surface area (Å²) in [7, 11) is 0. The summed E-state index contributed by atoms with van der Waals surface area (Å²) < 4.78 is 4.70. The van der Waals surface area contributed by atoms with Crippen LogP contribution in [0.25, 0.3) is 0 Å². The van der Waals surface area contributed by atoms with Crippen LogP contribution in [-0.4, -0.2) is 23.3 Å². The molecule has 0 aromatic heterocycles. The third kappa shape index (κ3) is 0.920. The number of carbonyl (C=O) groups excluding carboxylic acids is 1. The smallest absolute Gasteiger partial charge is 0.335 e. The van der Waals surface area contributed by atoms with Gasteiger partial charge in [0.2, 0.25) is 0 Å². The van der Waals surface area contributed by atoms with Crippen LogP contribution in [0.5, 0.6) is 0 Å². The Bertz CT molecular complexity index is 132. The lowest BCUT2D eigenvalue weighted by molar-refractivity contribution is -0.146. The van der Waals surface area contributed by atoms with Crippen molar-refractivity contribution >= 4 is 5.97 Å². The Morgan fingerprint density at radius 1 is 1.56 bits per heavy atom. The molecule has 3 nitrogen and oxygen atoms in total. The van der Waals surface area contributed by atoms with Gasteiger partial charge in [-0.05, 0) is 6.92 Å². The van der Waals surface area contributed by atoms with Gasteiger partial charge in [0, 0.05) is 5.92 Å². The van der Waals surface area contributed by atoms with Crippen molar-refractivity contribution in [3.05, 3.63) is 0 Å². The zero-order valence-electron chi connectivity index (χ0n) is 5.50. The van der Waals surface area contributed by atoms with E-state index in [-0.39, 0.29) is 12.0 Å². The summed E-state index contributed by atoms with van der Waals surface area (Å²) in [5.74, 6) is -0.549. The predicted octanol–water partition coefficient (Wildman–Crippen LogP) is -0.0713. The summed E-state index contributed by atoms with van der Waals surface area (Å²) in [4.78, 5) is 10.5. The molecule has 1 heterocycles. The van der Waals surface area contributed by atoms with Crippen molar-refractivity contribution < 1.29 is 14.6 Å². The molecule has 0 radical (unpaired) electrons. The Labute approximate surface area is 53.6 Å². The first-order valence-electron chi connectivity index (χ1n) is 3.01. The second kappa shape index (κ2) is 1.99. The zero-order chi connectivity index (χ0) is 7.02. The number of ether oxygens (including phenoxy) is 1. The molecular formula is C6H10O3. The van der Waals surface area contributed by atoms with Crippen molar-refractivity contribution in [1.82, 2.24) is 0 Å². The molecule has 1 rings (SSSR count). The van der Waals surface area contributed by atoms with Gasteiger partial charge in [-0.25, -0.2) is 4.79 Å². The molecule has 0 aliphatic carbocycles. The Hall–Kier alpha value is -0.570. The van der Waals surface area contributed by atoms with E-state index in [2.05, 4.69) is 0 Å². The molecule has 0 bridgehead atoms. The molecule has 3 atom stereocenters. The summed E-state index contributed by atoms with van der Waals surface area (Å²) in [6.07, 6.45) is -1.03. The quantitative estimate of drug-likeness (QED) is 0.467. The van der Waals surface area contributed by atoms with Gasteiger partial charge in [-0.3, -0.25) is 0 Å². The van der Waals surface area contributed by atoms with Crippen LogP contribution >= 0.6 is 0 Å². The van der Waals surface area contributed by atoms with Crippen LogP contribution in [0.4, 0.5) is 0 Å². The molecule has 0 saturated carbocycles. The van der Waals surface area contributed by atoms with E-state index in [0.717, 1.165) is 0 Å². The molecule has 9 heavy (non-hydrogen) atoms. The van der Waals surface area contributed by atoms with E-state index in [1.807, 2.05) is 0 Å². The SMILES string of the molecule is C[C@H]1[C@H](O)C(=O)O[C@@H]1C. The first-order valence-corrected chi connectivity index (χ1v) is 3.01. The molecular weight excluding hydrogens is 120 g/mol. The van der Waals surface area contributed by atoms with Crippen molar-refractivity contribution in [1.29, 1.82) is 0 Å². The fraction of sp³-hybridized carbons (Fsp3) is 0.833. The maximum Gasteiger partial charge on any atom is 0.335 e. The van der Waals surface area contributed by atoms with E-state index < -0.39 is 12.1 Å². The molecule has 52 valence electrons. The third-order valence-electron chi connectivity index (χ3n) is 1.78. The molecule has 0 aromatic rings. The molecule has 1 N–H and O–H groups in total. The topological polar surface area (TPSA) is 46.5 Å². The van der Waals surface area contributed by atoms with E-state index in [9.17, 15) is 4.79 Å². The average molecular weight is 130 g/mol. The second-order valence-electron chi connectivity index (χ2n) is 2.45. The van der Waals surface area contributed by atoms with Crippen LogP contribution in [0.1, 0.15) is 13.8 Å². The van der Waals surface area contributed by atoms with Gasteiger partial charge in [-0.15, -0.1) is 0 Å². The lowest BCUT2D eigenvalue weighted by atomic mass is 10.0. The maximum absolute atomic E-state index is 10.5. The van der Waals surface area contributed by atoms with Gasteiger partial charge in [0.05, 0.1) is 0 Å². The highest BCUT2D eigenvalue weighted by Crippen LogP contribution is 2.20. The van der Waals surface area contributed by atoms with E-state index in [1.165, 1.54) is 0 Å². The van der Waals surface area contributed by atoms with E-state index in [0.29, 0.717) is 0 Å². The Morgan fingerprint density at radius 2 is 2.11 bits per heavy atom. The minimum atomic E-state index is -0.903. The molecule has 1 aliphatic heterocycles. The van der Waals surface area contributed by atoms with Gasteiger partial charge in [0.1, 0.15) is 6.10 Å². The molecule has 0 amide bonds. The average Bonchev–Trinajstić information content (AvgIpc) is 1.98. The van der Waals surface area contributed by atoms with Gasteiger partial charge in [0.25, 0.3) is 0 Å². The lowest BCUT2D eigenvalue weighted by Crippen LogP contribution is -2.20. The number of carbonyl (C=O) groups is 1. The fourth-order valence-electron chi connectivity index (χ4n) is 0.832. The van der Waals surface area contributed by atoms with Crippen molar-refractivity contribution in [2.45, 2.75) is 26.1 Å². The van der Waals surface area contributed by atoms with Crippen molar-refractivity contribution in [2.75, 3.05) is 0 Å². The van der Waals surface area contributed by atoms with Gasteiger partial charge in [-0.1, -0.05) is 6.92 Å². The molecule has 0 aromatic carbocycles. The van der Waals surface area contributed by atoms with Crippen molar-refractivity contribution in [3.8, 4) is 0 Å². The molecule has 1 saturated heterocycles. The third-order valence-corrected chi connectivity index (χ3v) is 1.78. The first kappa shape index (κ1) is 6.55.